The molecule has 2 rings (SSSR count). The molecule has 21 heavy (non-hydrogen) atoms. The van der Waals surface area contributed by atoms with Crippen LogP contribution in [0.25, 0.3) is 0 Å². The highest BCUT2D eigenvalue weighted by atomic mass is 19.4. The lowest BCUT2D eigenvalue weighted by Crippen LogP contribution is -2.23. The molecular formula is C17H18F3N. The molecule has 0 aliphatic carbocycles. The van der Waals surface area contributed by atoms with Crippen molar-refractivity contribution in [1.29, 1.82) is 0 Å². The maximum atomic E-state index is 12.5. The van der Waals surface area contributed by atoms with Gasteiger partial charge in [0, 0.05) is 6.04 Å². The molecule has 0 amide bonds. The summed E-state index contributed by atoms with van der Waals surface area (Å²) in [4.78, 5) is 0. The van der Waals surface area contributed by atoms with Gasteiger partial charge in [-0.1, -0.05) is 54.6 Å². The molecule has 0 aromatic heterocycles. The Balaban J connectivity index is 2.07. The largest absolute Gasteiger partial charge is 0.390 e. The molecule has 0 heterocycles. The summed E-state index contributed by atoms with van der Waals surface area (Å²) in [6.07, 6.45) is -4.25. The van der Waals surface area contributed by atoms with Crippen LogP contribution in [0, 0.1) is 0 Å². The molecule has 0 radical (unpaired) electrons. The minimum absolute atomic E-state index is 0.659. The van der Waals surface area contributed by atoms with Gasteiger partial charge in [0.25, 0.3) is 0 Å². The molecule has 1 nitrogen and oxygen atoms in total. The molecule has 0 aliphatic rings. The van der Waals surface area contributed by atoms with Gasteiger partial charge in [-0.2, -0.15) is 13.2 Å². The van der Waals surface area contributed by atoms with E-state index in [0.717, 1.165) is 12.0 Å². The van der Waals surface area contributed by atoms with Gasteiger partial charge in [0.15, 0.2) is 0 Å². The SMILES string of the molecule is CNC(CC(F)(F)F)c1ccc(Cc2ccccc2)cc1. The molecule has 0 saturated heterocycles. The Morgan fingerprint density at radius 3 is 2.00 bits per heavy atom. The monoisotopic (exact) mass is 293 g/mol. The number of hydrogen-bond acceptors (Lipinski definition) is 1. The first kappa shape index (κ1) is 15.6. The van der Waals surface area contributed by atoms with E-state index < -0.39 is 18.6 Å². The first-order valence-corrected chi connectivity index (χ1v) is 6.85. The third-order valence-corrected chi connectivity index (χ3v) is 3.42. The third-order valence-electron chi connectivity index (χ3n) is 3.42. The molecule has 112 valence electrons. The van der Waals surface area contributed by atoms with Crippen LogP contribution in [-0.2, 0) is 6.42 Å². The highest BCUT2D eigenvalue weighted by Gasteiger charge is 2.31. The van der Waals surface area contributed by atoms with Crippen molar-refractivity contribution in [1.82, 2.24) is 5.32 Å². The highest BCUT2D eigenvalue weighted by Crippen LogP contribution is 2.29. The van der Waals surface area contributed by atoms with E-state index in [2.05, 4.69) is 5.32 Å². The topological polar surface area (TPSA) is 12.0 Å². The van der Waals surface area contributed by atoms with Gasteiger partial charge in [0.2, 0.25) is 0 Å². The van der Waals surface area contributed by atoms with Gasteiger partial charge >= 0.3 is 6.18 Å². The fraction of sp³-hybridized carbons (Fsp3) is 0.294. The van der Waals surface area contributed by atoms with E-state index in [1.807, 2.05) is 42.5 Å². The third kappa shape index (κ3) is 4.90. The maximum absolute atomic E-state index is 12.5. The summed E-state index contributed by atoms with van der Waals surface area (Å²) in [7, 11) is 1.55. The summed E-state index contributed by atoms with van der Waals surface area (Å²) in [5.41, 5.74) is 2.93. The Bertz CT molecular complexity index is 546. The molecule has 0 bridgehead atoms. The summed E-state index contributed by atoms with van der Waals surface area (Å²) < 4.78 is 37.5. The minimum atomic E-state index is -4.17. The molecule has 2 aromatic carbocycles. The Hall–Kier alpha value is -1.81. The van der Waals surface area contributed by atoms with Crippen LogP contribution in [0.3, 0.4) is 0 Å². The molecule has 4 heteroatoms. The van der Waals surface area contributed by atoms with Gasteiger partial charge in [-0.3, -0.25) is 0 Å². The Morgan fingerprint density at radius 1 is 0.905 bits per heavy atom. The van der Waals surface area contributed by atoms with Gasteiger partial charge < -0.3 is 5.32 Å². The predicted molar refractivity (Wildman–Crippen MR) is 78.2 cm³/mol. The lowest BCUT2D eigenvalue weighted by Gasteiger charge is -2.18. The molecule has 1 unspecified atom stereocenters. The fourth-order valence-electron chi connectivity index (χ4n) is 2.32. The van der Waals surface area contributed by atoms with Gasteiger partial charge in [0.1, 0.15) is 0 Å². The second kappa shape index (κ2) is 6.76. The summed E-state index contributed by atoms with van der Waals surface area (Å²) in [6.45, 7) is 0. The van der Waals surface area contributed by atoms with Crippen LogP contribution in [0.2, 0.25) is 0 Å². The summed E-state index contributed by atoms with van der Waals surface area (Å²) >= 11 is 0. The normalized spacial score (nSPS) is 13.1. The summed E-state index contributed by atoms with van der Waals surface area (Å²) in [5, 5.41) is 2.72. The number of halogens is 3. The molecule has 0 fully saturated rings. The average molecular weight is 293 g/mol. The number of alkyl halides is 3. The molecule has 1 N–H and O–H groups in total. The molecule has 0 spiro atoms. The quantitative estimate of drug-likeness (QED) is 0.856. The van der Waals surface area contributed by atoms with Crippen molar-refractivity contribution in [2.24, 2.45) is 0 Å². The Morgan fingerprint density at radius 2 is 1.48 bits per heavy atom. The molecule has 0 saturated carbocycles. The number of rotatable bonds is 5. The lowest BCUT2D eigenvalue weighted by atomic mass is 9.99. The van der Waals surface area contributed by atoms with Crippen LogP contribution >= 0.6 is 0 Å². The Labute approximate surface area is 122 Å². The number of hydrogen-bond donors (Lipinski definition) is 1. The first-order valence-electron chi connectivity index (χ1n) is 6.85. The zero-order chi connectivity index (χ0) is 15.3. The first-order chi connectivity index (χ1) is 9.98. The molecular weight excluding hydrogens is 275 g/mol. The van der Waals surface area contributed by atoms with Crippen molar-refractivity contribution < 1.29 is 13.2 Å². The van der Waals surface area contributed by atoms with Gasteiger partial charge in [0.05, 0.1) is 6.42 Å². The van der Waals surface area contributed by atoms with Crippen LogP contribution in [-0.4, -0.2) is 13.2 Å². The van der Waals surface area contributed by atoms with Gasteiger partial charge in [-0.15, -0.1) is 0 Å². The fourth-order valence-corrected chi connectivity index (χ4v) is 2.32. The van der Waals surface area contributed by atoms with Crippen LogP contribution in [0.1, 0.15) is 29.2 Å². The van der Waals surface area contributed by atoms with E-state index in [4.69, 9.17) is 0 Å². The van der Waals surface area contributed by atoms with Crippen molar-refractivity contribution in [3.8, 4) is 0 Å². The van der Waals surface area contributed by atoms with E-state index in [0.29, 0.717) is 5.56 Å². The van der Waals surface area contributed by atoms with Crippen molar-refractivity contribution in [3.05, 3.63) is 71.3 Å². The maximum Gasteiger partial charge on any atom is 0.390 e. The smallest absolute Gasteiger partial charge is 0.313 e. The van der Waals surface area contributed by atoms with Gasteiger partial charge in [-0.25, -0.2) is 0 Å². The van der Waals surface area contributed by atoms with Crippen molar-refractivity contribution in [2.75, 3.05) is 7.05 Å². The van der Waals surface area contributed by atoms with E-state index in [1.54, 1.807) is 19.2 Å². The van der Waals surface area contributed by atoms with E-state index >= 15 is 0 Å². The second-order valence-corrected chi connectivity index (χ2v) is 5.06. The summed E-state index contributed by atoms with van der Waals surface area (Å²) in [6, 6.07) is 16.6. The Kier molecular flexibility index (Phi) is 5.02. The predicted octanol–water partition coefficient (Wildman–Crippen LogP) is 4.49. The average Bonchev–Trinajstić information content (AvgIpc) is 2.46. The zero-order valence-electron chi connectivity index (χ0n) is 11.8. The van der Waals surface area contributed by atoms with Gasteiger partial charge in [-0.05, 0) is 30.2 Å². The van der Waals surface area contributed by atoms with Crippen molar-refractivity contribution in [3.63, 3.8) is 0 Å². The van der Waals surface area contributed by atoms with Crippen molar-refractivity contribution in [2.45, 2.75) is 25.1 Å². The van der Waals surface area contributed by atoms with Crippen LogP contribution in [0.15, 0.2) is 54.6 Å². The number of benzene rings is 2. The van der Waals surface area contributed by atoms with E-state index in [9.17, 15) is 13.2 Å². The molecule has 2 aromatic rings. The van der Waals surface area contributed by atoms with Crippen LogP contribution < -0.4 is 5.32 Å². The number of nitrogens with one attached hydrogen (secondary N) is 1. The zero-order valence-corrected chi connectivity index (χ0v) is 11.8. The van der Waals surface area contributed by atoms with E-state index in [-0.39, 0.29) is 0 Å². The standard InChI is InChI=1S/C17H18F3N/c1-21-16(12-17(18,19)20)15-9-7-14(8-10-15)11-13-5-3-2-4-6-13/h2-10,16,21H,11-12H2,1H3. The van der Waals surface area contributed by atoms with E-state index in [1.165, 1.54) is 5.56 Å². The second-order valence-electron chi connectivity index (χ2n) is 5.06. The molecule has 1 atom stereocenters. The minimum Gasteiger partial charge on any atom is -0.313 e. The highest BCUT2D eigenvalue weighted by molar-refractivity contribution is 5.30. The van der Waals surface area contributed by atoms with Crippen LogP contribution in [0.4, 0.5) is 13.2 Å². The molecule has 0 aliphatic heterocycles. The summed E-state index contributed by atoms with van der Waals surface area (Å²) in [5.74, 6) is 0. The lowest BCUT2D eigenvalue weighted by molar-refractivity contribution is -0.140. The van der Waals surface area contributed by atoms with Crippen molar-refractivity contribution >= 4 is 0 Å². The van der Waals surface area contributed by atoms with Crippen LogP contribution in [0.5, 0.6) is 0 Å².